The highest BCUT2D eigenvalue weighted by molar-refractivity contribution is 7.47. The van der Waals surface area contributed by atoms with Gasteiger partial charge in [0.25, 0.3) is 0 Å². The summed E-state index contributed by atoms with van der Waals surface area (Å²) in [4.78, 5) is 72.1. The summed E-state index contributed by atoms with van der Waals surface area (Å²) in [5.41, 5.74) is 0. The molecular weight excluding hydrogens is 1100 g/mol. The Morgan fingerprint density at radius 3 is 0.916 bits per heavy atom. The molecule has 19 heteroatoms. The Morgan fingerprint density at radius 1 is 0.349 bits per heavy atom. The van der Waals surface area contributed by atoms with Gasteiger partial charge in [-0.1, -0.05) is 266 Å². The van der Waals surface area contributed by atoms with Crippen molar-refractivity contribution in [1.82, 2.24) is 0 Å². The highest BCUT2D eigenvalue weighted by Crippen LogP contribution is 2.45. The van der Waals surface area contributed by atoms with E-state index in [1.807, 2.05) is 0 Å². The lowest BCUT2D eigenvalue weighted by molar-refractivity contribution is -0.161. The molecule has 0 spiro atoms. The molecule has 0 aliphatic heterocycles. The molecule has 0 radical (unpaired) electrons. The summed E-state index contributed by atoms with van der Waals surface area (Å²) in [5.74, 6) is -0.665. The first kappa shape index (κ1) is 81.1. The van der Waals surface area contributed by atoms with Crippen LogP contribution in [0.1, 0.15) is 318 Å². The van der Waals surface area contributed by atoms with Crippen LogP contribution in [0.2, 0.25) is 0 Å². The standard InChI is InChI=1S/C64H124O17P2/c1-7-10-12-14-16-18-19-24-28-35-41-47-62(67)75-52-59(80-63(68)48-42-36-29-25-21-20-23-26-33-39-45-57(6)9-3)54-78-82(70,71)76-50-58(65)51-77-83(72,73)79-55-60(81-64(69)49-43-37-31-30-32-38-44-56(4)5)53-74-61(66)46-40-34-27-22-17-15-13-11-8-2/h56-60,65H,7-55H2,1-6H3,(H,70,71)(H,72,73)/t57?,58-,59-,60-/m1/s1. The highest BCUT2D eigenvalue weighted by atomic mass is 31.2. The minimum absolute atomic E-state index is 0.102. The molecule has 0 bridgehead atoms. The van der Waals surface area contributed by atoms with E-state index in [1.165, 1.54) is 135 Å². The normalized spacial score (nSPS) is 14.6. The number of unbranched alkanes of at least 4 members (excludes halogenated alkanes) is 32. The molecule has 0 aromatic heterocycles. The second kappa shape index (κ2) is 56.6. The molecule has 6 atom stereocenters. The Morgan fingerprint density at radius 2 is 0.614 bits per heavy atom. The summed E-state index contributed by atoms with van der Waals surface area (Å²) in [6, 6.07) is 0. The van der Waals surface area contributed by atoms with Gasteiger partial charge in [-0.15, -0.1) is 0 Å². The molecular formula is C64H124O17P2. The molecule has 83 heavy (non-hydrogen) atoms. The van der Waals surface area contributed by atoms with Gasteiger partial charge in [-0.25, -0.2) is 9.13 Å². The fourth-order valence-corrected chi connectivity index (χ4v) is 11.1. The van der Waals surface area contributed by atoms with E-state index in [-0.39, 0.29) is 25.7 Å². The lowest BCUT2D eigenvalue weighted by Crippen LogP contribution is -2.30. The number of aliphatic hydroxyl groups excluding tert-OH is 1. The molecule has 0 saturated carbocycles. The molecule has 0 rings (SSSR count). The van der Waals surface area contributed by atoms with Crippen LogP contribution in [0, 0.1) is 11.8 Å². The van der Waals surface area contributed by atoms with Gasteiger partial charge in [0, 0.05) is 25.7 Å². The molecule has 0 aliphatic carbocycles. The van der Waals surface area contributed by atoms with Gasteiger partial charge in [-0.2, -0.15) is 0 Å². The van der Waals surface area contributed by atoms with Crippen molar-refractivity contribution in [2.75, 3.05) is 39.6 Å². The first-order valence-corrected chi connectivity index (χ1v) is 36.5. The van der Waals surface area contributed by atoms with E-state index < -0.39 is 97.5 Å². The molecule has 3 unspecified atom stereocenters. The van der Waals surface area contributed by atoms with Crippen molar-refractivity contribution < 1.29 is 80.2 Å². The van der Waals surface area contributed by atoms with Gasteiger partial charge in [0.1, 0.15) is 19.3 Å². The largest absolute Gasteiger partial charge is 0.472 e. The minimum Gasteiger partial charge on any atom is -0.462 e. The van der Waals surface area contributed by atoms with Crippen molar-refractivity contribution in [3.05, 3.63) is 0 Å². The third-order valence-corrected chi connectivity index (χ3v) is 17.0. The van der Waals surface area contributed by atoms with Crippen molar-refractivity contribution in [2.24, 2.45) is 11.8 Å². The van der Waals surface area contributed by atoms with Crippen LogP contribution >= 0.6 is 15.6 Å². The fourth-order valence-electron chi connectivity index (χ4n) is 9.50. The van der Waals surface area contributed by atoms with Crippen molar-refractivity contribution in [1.29, 1.82) is 0 Å². The Kier molecular flexibility index (Phi) is 55.2. The quantitative estimate of drug-likeness (QED) is 0.0222. The third-order valence-electron chi connectivity index (χ3n) is 15.1. The highest BCUT2D eigenvalue weighted by Gasteiger charge is 2.30. The molecule has 492 valence electrons. The van der Waals surface area contributed by atoms with Crippen LogP contribution in [0.4, 0.5) is 0 Å². The SMILES string of the molecule is CCCCCCCCCCCCCC(=O)OC[C@H](COP(=O)(O)OC[C@@H](O)COP(=O)(O)OC[C@@H](COC(=O)CCCCCCCCCCC)OC(=O)CCCCCCCCC(C)C)OC(=O)CCCCCCCCCCCCC(C)CC. The Bertz CT molecular complexity index is 1630. The maximum absolute atomic E-state index is 13.0. The molecule has 0 aliphatic rings. The van der Waals surface area contributed by atoms with Crippen LogP contribution in [0.15, 0.2) is 0 Å². The molecule has 0 saturated heterocycles. The molecule has 3 N–H and O–H groups in total. The number of hydrogen-bond acceptors (Lipinski definition) is 15. The number of ether oxygens (including phenoxy) is 4. The number of rotatable bonds is 63. The van der Waals surface area contributed by atoms with Crippen LogP contribution in [-0.2, 0) is 65.4 Å². The van der Waals surface area contributed by atoms with Gasteiger partial charge in [-0.3, -0.25) is 37.3 Å². The Hall–Kier alpha value is -1.94. The summed E-state index contributed by atoms with van der Waals surface area (Å²) in [5, 5.41) is 10.5. The average molecular weight is 1230 g/mol. The monoisotopic (exact) mass is 1230 g/mol. The number of esters is 4. The van der Waals surface area contributed by atoms with Crippen LogP contribution < -0.4 is 0 Å². The van der Waals surface area contributed by atoms with Gasteiger partial charge in [0.05, 0.1) is 26.4 Å². The van der Waals surface area contributed by atoms with E-state index in [0.29, 0.717) is 31.6 Å². The van der Waals surface area contributed by atoms with Crippen LogP contribution in [-0.4, -0.2) is 96.7 Å². The van der Waals surface area contributed by atoms with E-state index in [1.54, 1.807) is 0 Å². The lowest BCUT2D eigenvalue weighted by Gasteiger charge is -2.21. The van der Waals surface area contributed by atoms with E-state index in [9.17, 15) is 43.2 Å². The predicted octanol–water partition coefficient (Wildman–Crippen LogP) is 17.7. The number of phosphoric ester groups is 2. The summed E-state index contributed by atoms with van der Waals surface area (Å²) in [7, 11) is -9.88. The Labute approximate surface area is 505 Å². The van der Waals surface area contributed by atoms with E-state index in [2.05, 4.69) is 41.5 Å². The van der Waals surface area contributed by atoms with Gasteiger partial charge < -0.3 is 33.8 Å². The van der Waals surface area contributed by atoms with Gasteiger partial charge in [0.15, 0.2) is 12.2 Å². The zero-order valence-corrected chi connectivity index (χ0v) is 55.3. The maximum Gasteiger partial charge on any atom is 0.472 e. The van der Waals surface area contributed by atoms with Gasteiger partial charge >= 0.3 is 39.5 Å². The number of phosphoric acid groups is 2. The second-order valence-corrected chi connectivity index (χ2v) is 26.8. The molecule has 0 fully saturated rings. The van der Waals surface area contributed by atoms with Gasteiger partial charge in [-0.05, 0) is 37.5 Å². The van der Waals surface area contributed by atoms with Crippen molar-refractivity contribution in [3.63, 3.8) is 0 Å². The topological polar surface area (TPSA) is 237 Å². The second-order valence-electron chi connectivity index (χ2n) is 23.9. The summed E-state index contributed by atoms with van der Waals surface area (Å²) < 4.78 is 67.9. The van der Waals surface area contributed by atoms with Gasteiger partial charge in [0.2, 0.25) is 0 Å². The van der Waals surface area contributed by atoms with E-state index in [0.717, 1.165) is 95.8 Å². The van der Waals surface area contributed by atoms with Crippen LogP contribution in [0.25, 0.3) is 0 Å². The fraction of sp³-hybridized carbons (Fsp3) is 0.938. The number of aliphatic hydroxyl groups is 1. The van der Waals surface area contributed by atoms with Crippen molar-refractivity contribution >= 4 is 39.5 Å². The summed E-state index contributed by atoms with van der Waals surface area (Å²) in [6.07, 6.45) is 39.0. The smallest absolute Gasteiger partial charge is 0.462 e. The number of hydrogen-bond donors (Lipinski definition) is 3. The number of carbonyl (C=O) groups excluding carboxylic acids is 4. The van der Waals surface area contributed by atoms with Crippen LogP contribution in [0.5, 0.6) is 0 Å². The third kappa shape index (κ3) is 57.6. The van der Waals surface area contributed by atoms with Crippen LogP contribution in [0.3, 0.4) is 0 Å². The molecule has 17 nitrogen and oxygen atoms in total. The zero-order chi connectivity index (χ0) is 61.5. The molecule has 0 aromatic rings. The van der Waals surface area contributed by atoms with Crippen molar-refractivity contribution in [3.8, 4) is 0 Å². The van der Waals surface area contributed by atoms with Crippen molar-refractivity contribution in [2.45, 2.75) is 336 Å². The molecule has 0 amide bonds. The molecule has 0 heterocycles. The number of carbonyl (C=O) groups is 4. The average Bonchev–Trinajstić information content (AvgIpc) is 3.45. The summed E-state index contributed by atoms with van der Waals surface area (Å²) in [6.45, 7) is 9.41. The first-order chi connectivity index (χ1) is 39.9. The van der Waals surface area contributed by atoms with E-state index >= 15 is 0 Å². The van der Waals surface area contributed by atoms with E-state index in [4.69, 9.17) is 37.0 Å². The lowest BCUT2D eigenvalue weighted by atomic mass is 9.99. The first-order valence-electron chi connectivity index (χ1n) is 33.5. The maximum atomic E-state index is 13.0. The summed E-state index contributed by atoms with van der Waals surface area (Å²) >= 11 is 0. The Balaban J connectivity index is 5.23. The predicted molar refractivity (Wildman–Crippen MR) is 331 cm³/mol. The zero-order valence-electron chi connectivity index (χ0n) is 53.5. The molecule has 0 aromatic carbocycles. The minimum atomic E-state index is -4.94.